The van der Waals surface area contributed by atoms with Crippen molar-refractivity contribution in [3.05, 3.63) is 41.2 Å². The molecule has 0 radical (unpaired) electrons. The largest absolute Gasteiger partial charge is 0.771 e. The van der Waals surface area contributed by atoms with Gasteiger partial charge in [0.1, 0.15) is 11.9 Å². The molecule has 1 fully saturated rings. The Bertz CT molecular complexity index is 1040. The topological polar surface area (TPSA) is 93.6 Å². The lowest BCUT2D eigenvalue weighted by Gasteiger charge is -2.35. The molecule has 2 aliphatic rings. The number of benzene rings is 1. The average Bonchev–Trinajstić information content (AvgIpc) is 2.79. The highest BCUT2D eigenvalue weighted by Crippen LogP contribution is 2.30. The first kappa shape index (κ1) is 24.6. The van der Waals surface area contributed by atoms with Gasteiger partial charge in [-0.15, -0.1) is 0 Å². The Balaban J connectivity index is 1.48. The van der Waals surface area contributed by atoms with Crippen LogP contribution in [0.3, 0.4) is 0 Å². The number of hydrogen-bond acceptors (Lipinski definition) is 8. The van der Waals surface area contributed by atoms with Gasteiger partial charge in [0.05, 0.1) is 23.8 Å². The lowest BCUT2D eigenvalue weighted by Crippen LogP contribution is -2.40. The number of halogens is 4. The molecular weight excluding hydrogens is 478 g/mol. The summed E-state index contributed by atoms with van der Waals surface area (Å²) in [6.07, 6.45) is -1.40. The number of nitrogens with one attached hydrogen (secondary N) is 1. The van der Waals surface area contributed by atoms with Crippen LogP contribution in [0.15, 0.2) is 18.2 Å². The van der Waals surface area contributed by atoms with Crippen LogP contribution in [0.5, 0.6) is 5.75 Å². The Kier molecular flexibility index (Phi) is 7.84. The van der Waals surface area contributed by atoms with E-state index >= 15 is 0 Å². The molecule has 1 atom stereocenters. The first-order valence-electron chi connectivity index (χ1n) is 10.8. The van der Waals surface area contributed by atoms with Gasteiger partial charge in [-0.2, -0.15) is 0 Å². The molecule has 34 heavy (non-hydrogen) atoms. The highest BCUT2D eigenvalue weighted by Gasteiger charge is 2.28. The Morgan fingerprint density at radius 1 is 1.18 bits per heavy atom. The smallest absolute Gasteiger partial charge is 0.255 e. The van der Waals surface area contributed by atoms with Crippen molar-refractivity contribution in [2.75, 3.05) is 42.3 Å². The van der Waals surface area contributed by atoms with Crippen molar-refractivity contribution in [1.82, 2.24) is 14.9 Å². The van der Waals surface area contributed by atoms with Crippen LogP contribution in [0.1, 0.15) is 24.2 Å². The van der Waals surface area contributed by atoms with E-state index < -0.39 is 35.7 Å². The Morgan fingerprint density at radius 3 is 2.62 bits per heavy atom. The molecule has 1 unspecified atom stereocenters. The highest BCUT2D eigenvalue weighted by molar-refractivity contribution is 7.79. The predicted octanol–water partition coefficient (Wildman–Crippen LogP) is 2.67. The van der Waals surface area contributed by atoms with Crippen LogP contribution < -0.4 is 15.0 Å². The zero-order valence-electron chi connectivity index (χ0n) is 18.2. The van der Waals surface area contributed by atoms with Crippen LogP contribution >= 0.6 is 0 Å². The van der Waals surface area contributed by atoms with Crippen molar-refractivity contribution in [3.8, 4) is 5.75 Å². The quantitative estimate of drug-likeness (QED) is 0.435. The van der Waals surface area contributed by atoms with Crippen molar-refractivity contribution >= 4 is 22.7 Å². The van der Waals surface area contributed by atoms with Crippen LogP contribution in [0, 0.1) is 11.6 Å². The molecule has 0 saturated carbocycles. The van der Waals surface area contributed by atoms with E-state index in [-0.39, 0.29) is 23.5 Å². The molecule has 1 aromatic carbocycles. The Hall–Kier alpha value is -2.51. The Labute approximate surface area is 196 Å². The third-order valence-corrected chi connectivity index (χ3v) is 6.29. The van der Waals surface area contributed by atoms with Gasteiger partial charge in [-0.3, -0.25) is 9.11 Å². The summed E-state index contributed by atoms with van der Waals surface area (Å²) in [7, 11) is 0. The van der Waals surface area contributed by atoms with E-state index in [1.807, 2.05) is 4.90 Å². The van der Waals surface area contributed by atoms with Crippen molar-refractivity contribution < 1.29 is 31.1 Å². The molecule has 1 N–H and O–H groups in total. The molecule has 0 spiro atoms. The summed E-state index contributed by atoms with van der Waals surface area (Å²) < 4.78 is 80.6. The molecule has 4 rings (SSSR count). The van der Waals surface area contributed by atoms with E-state index in [2.05, 4.69) is 15.3 Å². The summed E-state index contributed by atoms with van der Waals surface area (Å²) in [6, 6.07) is 3.14. The zero-order valence-corrected chi connectivity index (χ0v) is 19.0. The normalized spacial score (nSPS) is 18.1. The minimum Gasteiger partial charge on any atom is -0.771 e. The summed E-state index contributed by atoms with van der Waals surface area (Å²) in [5.41, 5.74) is 1.26. The first-order valence-corrected chi connectivity index (χ1v) is 12.1. The van der Waals surface area contributed by atoms with Crippen LogP contribution in [0.25, 0.3) is 0 Å². The van der Waals surface area contributed by atoms with Gasteiger partial charge in [0, 0.05) is 51.5 Å². The van der Waals surface area contributed by atoms with Crippen molar-refractivity contribution in [3.63, 3.8) is 0 Å². The van der Waals surface area contributed by atoms with E-state index in [0.29, 0.717) is 62.6 Å². The van der Waals surface area contributed by atoms with Gasteiger partial charge >= 0.3 is 0 Å². The number of fused-ring (bicyclic) bond motifs is 1. The molecule has 8 nitrogen and oxygen atoms in total. The number of ether oxygens (including phenoxy) is 1. The minimum absolute atomic E-state index is 0.0245. The number of nitrogens with zero attached hydrogens (tertiary/aromatic N) is 4. The molecule has 3 heterocycles. The predicted molar refractivity (Wildman–Crippen MR) is 117 cm³/mol. The monoisotopic (exact) mass is 502 g/mol. The summed E-state index contributed by atoms with van der Waals surface area (Å²) in [5.74, 6) is -0.937. The molecule has 2 aromatic rings. The zero-order chi connectivity index (χ0) is 24.2. The van der Waals surface area contributed by atoms with Gasteiger partial charge in [0.15, 0.2) is 23.2 Å². The fourth-order valence-electron chi connectivity index (χ4n) is 4.08. The van der Waals surface area contributed by atoms with E-state index in [0.717, 1.165) is 12.1 Å². The van der Waals surface area contributed by atoms with Gasteiger partial charge in [-0.05, 0) is 23.2 Å². The second-order valence-electron chi connectivity index (χ2n) is 8.18. The second-order valence-corrected chi connectivity index (χ2v) is 9.04. The van der Waals surface area contributed by atoms with Crippen molar-refractivity contribution in [1.29, 1.82) is 0 Å². The summed E-state index contributed by atoms with van der Waals surface area (Å²) >= 11 is -2.23. The molecule has 186 valence electrons. The second kappa shape index (κ2) is 10.8. The molecule has 0 bridgehead atoms. The average molecular weight is 503 g/mol. The Morgan fingerprint density at radius 2 is 1.94 bits per heavy atom. The SMILES string of the molecule is O=S([O-])CN1CCc2nc(NCC(F)F)c(N3CCC(Oc4ccc(F)cc4F)CC3)nc2C1. The minimum atomic E-state index is -2.57. The standard InChI is InChI=1S/C21H25F4N5O3S/c22-13-1-2-18(15(23)9-13)33-14-3-7-30(8-4-14)21-20(26-10-19(24)25)27-16-5-6-29(12-34(31)32)11-17(16)28-21/h1-2,9,14,19H,3-8,10-12H2,(H,26,27)(H,31,32)/p-1. The molecule has 0 amide bonds. The van der Waals surface area contributed by atoms with E-state index in [9.17, 15) is 26.3 Å². The summed E-state index contributed by atoms with van der Waals surface area (Å²) in [6.45, 7) is 1.11. The maximum absolute atomic E-state index is 13.9. The summed E-state index contributed by atoms with van der Waals surface area (Å²) in [4.78, 5) is 12.8. The lowest BCUT2D eigenvalue weighted by molar-refractivity contribution is 0.162. The third-order valence-electron chi connectivity index (χ3n) is 5.71. The number of anilines is 2. The molecule has 0 aliphatic carbocycles. The number of hydrogen-bond donors (Lipinski definition) is 1. The van der Waals surface area contributed by atoms with Gasteiger partial charge < -0.3 is 19.5 Å². The van der Waals surface area contributed by atoms with E-state index in [1.54, 1.807) is 4.90 Å². The molecule has 2 aliphatic heterocycles. The molecule has 1 aromatic heterocycles. The van der Waals surface area contributed by atoms with Crippen molar-refractivity contribution in [2.24, 2.45) is 0 Å². The first-order chi connectivity index (χ1) is 16.3. The van der Waals surface area contributed by atoms with Gasteiger partial charge in [0.25, 0.3) is 6.43 Å². The van der Waals surface area contributed by atoms with Crippen LogP contribution in [0.2, 0.25) is 0 Å². The van der Waals surface area contributed by atoms with Gasteiger partial charge in [0.2, 0.25) is 0 Å². The van der Waals surface area contributed by atoms with E-state index in [1.165, 1.54) is 6.07 Å². The highest BCUT2D eigenvalue weighted by atomic mass is 32.2. The maximum Gasteiger partial charge on any atom is 0.255 e. The van der Waals surface area contributed by atoms with Crippen LogP contribution in [-0.2, 0) is 24.0 Å². The summed E-state index contributed by atoms with van der Waals surface area (Å²) in [5, 5.41) is 2.67. The van der Waals surface area contributed by atoms with Gasteiger partial charge in [-0.1, -0.05) is 0 Å². The number of alkyl halides is 2. The number of piperidine rings is 1. The van der Waals surface area contributed by atoms with Crippen molar-refractivity contribution in [2.45, 2.75) is 38.3 Å². The van der Waals surface area contributed by atoms with E-state index in [4.69, 9.17) is 4.74 Å². The lowest BCUT2D eigenvalue weighted by atomic mass is 10.1. The number of rotatable bonds is 8. The van der Waals surface area contributed by atoms with Gasteiger partial charge in [-0.25, -0.2) is 27.5 Å². The fourth-order valence-corrected chi connectivity index (χ4v) is 4.60. The third kappa shape index (κ3) is 6.13. The fraction of sp³-hybridized carbons (Fsp3) is 0.524. The molecular formula is C21H24F4N5O3S-. The molecule has 13 heteroatoms. The van der Waals surface area contributed by atoms with Crippen LogP contribution in [-0.4, -0.2) is 68.2 Å². The maximum atomic E-state index is 13.9. The van der Waals surface area contributed by atoms with Crippen LogP contribution in [0.4, 0.5) is 29.2 Å². The number of aromatic nitrogens is 2. The molecule has 1 saturated heterocycles.